The van der Waals surface area contributed by atoms with Crippen molar-refractivity contribution in [2.75, 3.05) is 5.75 Å². The van der Waals surface area contributed by atoms with E-state index in [0.717, 1.165) is 21.7 Å². The summed E-state index contributed by atoms with van der Waals surface area (Å²) in [5, 5.41) is 1.77. The fourth-order valence-electron chi connectivity index (χ4n) is 4.31. The van der Waals surface area contributed by atoms with Crippen LogP contribution in [0, 0.1) is 12.8 Å². The number of thiophene rings is 1. The molecular weight excluding hydrogens is 500 g/mol. The highest BCUT2D eigenvalue weighted by molar-refractivity contribution is 7.99. The fourth-order valence-corrected chi connectivity index (χ4v) is 6.50. The van der Waals surface area contributed by atoms with Crippen molar-refractivity contribution in [3.05, 3.63) is 85.5 Å². The van der Waals surface area contributed by atoms with Gasteiger partial charge in [0.1, 0.15) is 4.83 Å². The lowest BCUT2D eigenvalue weighted by Crippen LogP contribution is -2.28. The van der Waals surface area contributed by atoms with Gasteiger partial charge in [-0.25, -0.2) is 4.98 Å². The Morgan fingerprint density at radius 2 is 1.97 bits per heavy atom. The van der Waals surface area contributed by atoms with E-state index in [4.69, 9.17) is 21.3 Å². The van der Waals surface area contributed by atoms with Gasteiger partial charge in [0.2, 0.25) is 0 Å². The molecule has 0 amide bonds. The lowest BCUT2D eigenvalue weighted by molar-refractivity contribution is 0.00200. The van der Waals surface area contributed by atoms with Crippen LogP contribution in [0.2, 0.25) is 5.02 Å². The largest absolute Gasteiger partial charge is 0.372 e. The number of carbonyl (C=O) groups excluding carboxylic acids is 1. The monoisotopic (exact) mass is 524 g/mol. The lowest BCUT2D eigenvalue weighted by Gasteiger charge is -2.26. The van der Waals surface area contributed by atoms with E-state index in [9.17, 15) is 9.59 Å². The number of Topliss-reactive ketones (excluding diaryl/α,β-unsaturated/α-hetero) is 1. The van der Waals surface area contributed by atoms with Gasteiger partial charge in [0.05, 0.1) is 29.5 Å². The number of benzene rings is 2. The van der Waals surface area contributed by atoms with E-state index in [1.54, 1.807) is 28.8 Å². The summed E-state index contributed by atoms with van der Waals surface area (Å²) in [6.45, 7) is 6.76. The molecule has 0 spiro atoms. The summed E-state index contributed by atoms with van der Waals surface area (Å²) >= 11 is 8.77. The van der Waals surface area contributed by atoms with Gasteiger partial charge in [0, 0.05) is 21.9 Å². The van der Waals surface area contributed by atoms with Gasteiger partial charge in [-0.2, -0.15) is 0 Å². The van der Waals surface area contributed by atoms with Crippen molar-refractivity contribution in [3.8, 4) is 5.69 Å². The maximum atomic E-state index is 14.0. The Morgan fingerprint density at radius 3 is 2.69 bits per heavy atom. The predicted octanol–water partition coefficient (Wildman–Crippen LogP) is 6.48. The molecule has 0 saturated heterocycles. The number of halogens is 1. The van der Waals surface area contributed by atoms with Gasteiger partial charge in [-0.15, -0.1) is 11.3 Å². The first-order valence-electron chi connectivity index (χ1n) is 11.5. The predicted molar refractivity (Wildman–Crippen MR) is 144 cm³/mol. The van der Waals surface area contributed by atoms with Crippen LogP contribution in [0.5, 0.6) is 0 Å². The van der Waals surface area contributed by atoms with Crippen LogP contribution < -0.4 is 5.56 Å². The molecule has 180 valence electrons. The van der Waals surface area contributed by atoms with Gasteiger partial charge in [0.15, 0.2) is 10.9 Å². The van der Waals surface area contributed by atoms with Gasteiger partial charge in [0.25, 0.3) is 5.56 Å². The van der Waals surface area contributed by atoms with Crippen molar-refractivity contribution in [1.29, 1.82) is 0 Å². The van der Waals surface area contributed by atoms with Crippen molar-refractivity contribution < 1.29 is 9.53 Å². The molecular formula is C27H25ClN2O3S2. The third-order valence-corrected chi connectivity index (χ3v) is 8.60. The third-order valence-electron chi connectivity index (χ3n) is 6.31. The highest BCUT2D eigenvalue weighted by atomic mass is 35.5. The molecule has 1 atom stereocenters. The van der Waals surface area contributed by atoms with Crippen LogP contribution in [-0.2, 0) is 17.8 Å². The van der Waals surface area contributed by atoms with Crippen LogP contribution in [0.1, 0.15) is 40.2 Å². The zero-order valence-corrected chi connectivity index (χ0v) is 22.1. The third kappa shape index (κ3) is 4.70. The first-order valence-corrected chi connectivity index (χ1v) is 13.7. The SMILES string of the molecule is Cc1ccccc1-n1c(SCC(=O)c2ccc(Cl)cc2)nc2sc3c(c2c1=O)C[C@H](C(C)C)OC3. The Morgan fingerprint density at radius 1 is 1.23 bits per heavy atom. The molecule has 0 saturated carbocycles. The molecule has 5 nitrogen and oxygen atoms in total. The number of nitrogens with zero attached hydrogens (tertiary/aromatic N) is 2. The molecule has 2 aromatic heterocycles. The topological polar surface area (TPSA) is 61.2 Å². The minimum Gasteiger partial charge on any atom is -0.372 e. The number of para-hydroxylation sites is 1. The molecule has 5 rings (SSSR count). The summed E-state index contributed by atoms with van der Waals surface area (Å²) in [5.74, 6) is 0.476. The number of carbonyl (C=O) groups is 1. The van der Waals surface area contributed by atoms with Gasteiger partial charge < -0.3 is 4.74 Å². The second kappa shape index (κ2) is 9.90. The Labute approximate surface area is 217 Å². The normalized spacial score (nSPS) is 15.5. The van der Waals surface area contributed by atoms with Crippen LogP contribution in [0.15, 0.2) is 58.5 Å². The van der Waals surface area contributed by atoms with Gasteiger partial charge >= 0.3 is 0 Å². The quantitative estimate of drug-likeness (QED) is 0.164. The van der Waals surface area contributed by atoms with E-state index >= 15 is 0 Å². The number of rotatable bonds is 6. The Bertz CT molecular complexity index is 1470. The highest BCUT2D eigenvalue weighted by Crippen LogP contribution is 2.36. The van der Waals surface area contributed by atoms with Crippen molar-refractivity contribution in [1.82, 2.24) is 9.55 Å². The van der Waals surface area contributed by atoms with Crippen molar-refractivity contribution >= 4 is 50.7 Å². The van der Waals surface area contributed by atoms with E-state index in [1.807, 2.05) is 31.2 Å². The second-order valence-corrected chi connectivity index (χ2v) is 11.5. The zero-order chi connectivity index (χ0) is 24.7. The average molecular weight is 525 g/mol. The minimum absolute atomic E-state index is 0.0454. The number of ketones is 1. The molecule has 0 fully saturated rings. The van der Waals surface area contributed by atoms with Gasteiger partial charge in [-0.3, -0.25) is 14.2 Å². The Kier molecular flexibility index (Phi) is 6.86. The van der Waals surface area contributed by atoms with Crippen molar-refractivity contribution in [2.45, 2.75) is 45.1 Å². The first kappa shape index (κ1) is 24.3. The van der Waals surface area contributed by atoms with Crippen molar-refractivity contribution in [2.24, 2.45) is 5.92 Å². The number of ether oxygens (including phenoxy) is 1. The van der Waals surface area contributed by atoms with E-state index in [2.05, 4.69) is 13.8 Å². The van der Waals surface area contributed by atoms with Gasteiger partial charge in [-0.1, -0.05) is 55.4 Å². The summed E-state index contributed by atoms with van der Waals surface area (Å²) in [6.07, 6.45) is 0.789. The molecule has 0 bridgehead atoms. The summed E-state index contributed by atoms with van der Waals surface area (Å²) in [6, 6.07) is 14.6. The number of aryl methyl sites for hydroxylation is 1. The molecule has 2 aromatic carbocycles. The molecule has 0 unspecified atom stereocenters. The second-order valence-electron chi connectivity index (χ2n) is 9.02. The van der Waals surface area contributed by atoms with E-state index in [1.165, 1.54) is 23.1 Å². The Balaban J connectivity index is 1.61. The first-order chi connectivity index (χ1) is 16.8. The Hall–Kier alpha value is -2.45. The van der Waals surface area contributed by atoms with E-state index < -0.39 is 0 Å². The maximum Gasteiger partial charge on any atom is 0.267 e. The summed E-state index contributed by atoms with van der Waals surface area (Å²) in [5.41, 5.74) is 3.29. The number of hydrogen-bond acceptors (Lipinski definition) is 6. The molecule has 0 N–H and O–H groups in total. The molecule has 3 heterocycles. The number of thioether (sulfide) groups is 1. The van der Waals surface area contributed by atoms with Crippen LogP contribution in [0.3, 0.4) is 0 Å². The number of fused-ring (bicyclic) bond motifs is 3. The molecule has 0 radical (unpaired) electrons. The average Bonchev–Trinajstić information content (AvgIpc) is 3.21. The van der Waals surface area contributed by atoms with Crippen molar-refractivity contribution in [3.63, 3.8) is 0 Å². The number of hydrogen-bond donors (Lipinski definition) is 0. The number of aromatic nitrogens is 2. The molecule has 1 aliphatic rings. The van der Waals surface area contributed by atoms with E-state index in [-0.39, 0.29) is 23.2 Å². The summed E-state index contributed by atoms with van der Waals surface area (Å²) in [4.78, 5) is 33.6. The molecule has 8 heteroatoms. The molecule has 4 aromatic rings. The molecule has 35 heavy (non-hydrogen) atoms. The van der Waals surface area contributed by atoms with Crippen LogP contribution in [-0.4, -0.2) is 27.2 Å². The standard InChI is InChI=1S/C27H25ClN2O3S2/c1-15(2)22-12-19-23(13-33-22)35-25-24(19)26(32)30(20-7-5-4-6-16(20)3)27(29-25)34-14-21(31)17-8-10-18(28)11-9-17/h4-11,15,22H,12-14H2,1-3H3/t22-/m1/s1. The summed E-state index contributed by atoms with van der Waals surface area (Å²) in [7, 11) is 0. The lowest BCUT2D eigenvalue weighted by atomic mass is 9.96. The van der Waals surface area contributed by atoms with E-state index in [0.29, 0.717) is 44.9 Å². The molecule has 1 aliphatic heterocycles. The van der Waals surface area contributed by atoms with Crippen LogP contribution in [0.4, 0.5) is 0 Å². The van der Waals surface area contributed by atoms with Gasteiger partial charge in [-0.05, 0) is 54.3 Å². The van der Waals surface area contributed by atoms with Crippen LogP contribution >= 0.6 is 34.7 Å². The summed E-state index contributed by atoms with van der Waals surface area (Å²) < 4.78 is 7.72. The molecule has 0 aliphatic carbocycles. The minimum atomic E-state index is -0.0901. The fraction of sp³-hybridized carbons (Fsp3) is 0.296. The smallest absolute Gasteiger partial charge is 0.267 e. The van der Waals surface area contributed by atoms with Crippen LogP contribution in [0.25, 0.3) is 15.9 Å². The maximum absolute atomic E-state index is 14.0. The zero-order valence-electron chi connectivity index (χ0n) is 19.7. The highest BCUT2D eigenvalue weighted by Gasteiger charge is 2.29.